The Kier molecular flexibility index (Phi) is 3.69. The van der Waals surface area contributed by atoms with Crippen LogP contribution in [0.3, 0.4) is 0 Å². The van der Waals surface area contributed by atoms with Gasteiger partial charge < -0.3 is 15.0 Å². The Morgan fingerprint density at radius 2 is 2.19 bits per heavy atom. The average Bonchev–Trinajstić information content (AvgIpc) is 3.24. The predicted octanol–water partition coefficient (Wildman–Crippen LogP) is 1.45. The lowest BCUT2D eigenvalue weighted by atomic mass is 9.96. The van der Waals surface area contributed by atoms with Crippen LogP contribution in [0.5, 0.6) is 0 Å². The van der Waals surface area contributed by atoms with Crippen molar-refractivity contribution >= 4 is 0 Å². The van der Waals surface area contributed by atoms with Crippen LogP contribution in [0, 0.1) is 5.92 Å². The van der Waals surface area contributed by atoms with Gasteiger partial charge in [-0.05, 0) is 44.7 Å². The minimum atomic E-state index is -0.0328. The SMILES string of the molecule is NCC1CCCC1c1nc(C2CN3CCCC3CO2)no1. The molecule has 6 nitrogen and oxygen atoms in total. The van der Waals surface area contributed by atoms with Crippen molar-refractivity contribution in [2.75, 3.05) is 26.2 Å². The maximum atomic E-state index is 5.96. The molecule has 4 atom stereocenters. The fraction of sp³-hybridized carbons (Fsp3) is 0.867. The van der Waals surface area contributed by atoms with Crippen LogP contribution in [0.4, 0.5) is 0 Å². The van der Waals surface area contributed by atoms with E-state index in [4.69, 9.17) is 15.0 Å². The molecule has 3 aliphatic rings. The van der Waals surface area contributed by atoms with Gasteiger partial charge >= 0.3 is 0 Å². The number of aromatic nitrogens is 2. The highest BCUT2D eigenvalue weighted by atomic mass is 16.5. The highest BCUT2D eigenvalue weighted by Gasteiger charge is 2.36. The molecule has 1 saturated carbocycles. The zero-order valence-electron chi connectivity index (χ0n) is 12.4. The van der Waals surface area contributed by atoms with E-state index in [1.165, 1.54) is 32.2 Å². The van der Waals surface area contributed by atoms with Gasteiger partial charge in [-0.25, -0.2) is 0 Å². The monoisotopic (exact) mass is 292 g/mol. The first-order chi connectivity index (χ1) is 10.3. The van der Waals surface area contributed by atoms with E-state index in [1.807, 2.05) is 0 Å². The minimum Gasteiger partial charge on any atom is -0.367 e. The molecule has 0 spiro atoms. The lowest BCUT2D eigenvalue weighted by Crippen LogP contribution is -2.42. The van der Waals surface area contributed by atoms with Gasteiger partial charge in [-0.15, -0.1) is 0 Å². The van der Waals surface area contributed by atoms with Crippen molar-refractivity contribution in [1.29, 1.82) is 0 Å². The first-order valence-corrected chi connectivity index (χ1v) is 8.24. The van der Waals surface area contributed by atoms with Crippen LogP contribution in [0.2, 0.25) is 0 Å². The number of hydrogen-bond donors (Lipinski definition) is 1. The van der Waals surface area contributed by atoms with Gasteiger partial charge in [0.2, 0.25) is 11.7 Å². The van der Waals surface area contributed by atoms with E-state index in [1.54, 1.807) is 0 Å². The third-order valence-corrected chi connectivity index (χ3v) is 5.41. The maximum Gasteiger partial charge on any atom is 0.230 e. The standard InChI is InChI=1S/C15H24N4O2/c16-7-10-3-1-5-12(10)15-17-14(18-21-15)13-8-19-6-2-4-11(19)9-20-13/h10-13H,1-9,16H2. The van der Waals surface area contributed by atoms with Crippen LogP contribution >= 0.6 is 0 Å². The van der Waals surface area contributed by atoms with Gasteiger partial charge in [0.05, 0.1) is 6.61 Å². The van der Waals surface area contributed by atoms with E-state index in [-0.39, 0.29) is 6.10 Å². The third kappa shape index (κ3) is 2.49. The maximum absolute atomic E-state index is 5.96. The average molecular weight is 292 g/mol. The number of fused-ring (bicyclic) bond motifs is 1. The van der Waals surface area contributed by atoms with Crippen LogP contribution < -0.4 is 5.73 Å². The first kappa shape index (κ1) is 13.7. The van der Waals surface area contributed by atoms with Crippen LogP contribution in [0.25, 0.3) is 0 Å². The zero-order chi connectivity index (χ0) is 14.2. The molecule has 116 valence electrons. The summed E-state index contributed by atoms with van der Waals surface area (Å²) < 4.78 is 11.5. The number of nitrogens with zero attached hydrogens (tertiary/aromatic N) is 3. The lowest BCUT2D eigenvalue weighted by Gasteiger charge is -2.33. The highest BCUT2D eigenvalue weighted by Crippen LogP contribution is 2.39. The van der Waals surface area contributed by atoms with Gasteiger partial charge in [-0.2, -0.15) is 4.98 Å². The van der Waals surface area contributed by atoms with Gasteiger partial charge in [0.1, 0.15) is 6.10 Å². The Labute approximate surface area is 125 Å². The molecule has 4 rings (SSSR count). The quantitative estimate of drug-likeness (QED) is 0.908. The van der Waals surface area contributed by atoms with Crippen molar-refractivity contribution in [3.8, 4) is 0 Å². The first-order valence-electron chi connectivity index (χ1n) is 8.24. The molecule has 2 aliphatic heterocycles. The van der Waals surface area contributed by atoms with Crippen LogP contribution in [0.15, 0.2) is 4.52 Å². The Bertz CT molecular complexity index is 492. The molecule has 1 aromatic heterocycles. The molecule has 21 heavy (non-hydrogen) atoms. The smallest absolute Gasteiger partial charge is 0.230 e. The van der Waals surface area contributed by atoms with Gasteiger partial charge in [0, 0.05) is 18.5 Å². The molecule has 3 fully saturated rings. The second-order valence-electron chi connectivity index (χ2n) is 6.64. The molecular weight excluding hydrogens is 268 g/mol. The van der Waals surface area contributed by atoms with Gasteiger partial charge in [-0.1, -0.05) is 11.6 Å². The molecule has 0 amide bonds. The lowest BCUT2D eigenvalue weighted by molar-refractivity contribution is -0.0548. The summed E-state index contributed by atoms with van der Waals surface area (Å²) in [5.74, 6) is 2.33. The minimum absolute atomic E-state index is 0.0328. The number of nitrogens with two attached hydrogens (primary N) is 1. The normalized spacial score (nSPS) is 37.0. The van der Waals surface area contributed by atoms with Gasteiger partial charge in [-0.3, -0.25) is 4.90 Å². The summed E-state index contributed by atoms with van der Waals surface area (Å²) in [6, 6.07) is 0.601. The van der Waals surface area contributed by atoms with Crippen molar-refractivity contribution in [2.24, 2.45) is 11.7 Å². The molecule has 2 N–H and O–H groups in total. The van der Waals surface area contributed by atoms with Crippen molar-refractivity contribution in [3.63, 3.8) is 0 Å². The molecular formula is C15H24N4O2. The molecule has 6 heteroatoms. The Hall–Kier alpha value is -0.980. The Morgan fingerprint density at radius 1 is 1.24 bits per heavy atom. The molecule has 2 saturated heterocycles. The number of rotatable bonds is 3. The largest absolute Gasteiger partial charge is 0.367 e. The molecule has 1 aliphatic carbocycles. The summed E-state index contributed by atoms with van der Waals surface area (Å²) in [7, 11) is 0. The molecule has 3 heterocycles. The number of hydrogen-bond acceptors (Lipinski definition) is 6. The zero-order valence-corrected chi connectivity index (χ0v) is 12.4. The molecule has 0 radical (unpaired) electrons. The topological polar surface area (TPSA) is 77.4 Å². The molecule has 1 aromatic rings. The summed E-state index contributed by atoms with van der Waals surface area (Å²) in [5, 5.41) is 4.19. The molecule has 0 bridgehead atoms. The van der Waals surface area contributed by atoms with E-state index in [2.05, 4.69) is 15.0 Å². The van der Waals surface area contributed by atoms with Crippen LogP contribution in [-0.4, -0.2) is 47.3 Å². The molecule has 0 aromatic carbocycles. The summed E-state index contributed by atoms with van der Waals surface area (Å²) in [4.78, 5) is 7.15. The van der Waals surface area contributed by atoms with Crippen molar-refractivity contribution in [3.05, 3.63) is 11.7 Å². The summed E-state index contributed by atoms with van der Waals surface area (Å²) >= 11 is 0. The summed E-state index contributed by atoms with van der Waals surface area (Å²) in [5.41, 5.74) is 5.85. The second kappa shape index (κ2) is 5.66. The fourth-order valence-electron chi connectivity index (χ4n) is 4.15. The van der Waals surface area contributed by atoms with Crippen molar-refractivity contribution < 1.29 is 9.26 Å². The van der Waals surface area contributed by atoms with Crippen molar-refractivity contribution in [1.82, 2.24) is 15.0 Å². The third-order valence-electron chi connectivity index (χ3n) is 5.41. The molecule has 4 unspecified atom stereocenters. The fourth-order valence-corrected chi connectivity index (χ4v) is 4.15. The van der Waals surface area contributed by atoms with Gasteiger partial charge in [0.25, 0.3) is 0 Å². The van der Waals surface area contributed by atoms with E-state index < -0.39 is 0 Å². The predicted molar refractivity (Wildman–Crippen MR) is 76.7 cm³/mol. The second-order valence-corrected chi connectivity index (χ2v) is 6.64. The van der Waals surface area contributed by atoms with Gasteiger partial charge in [0.15, 0.2) is 0 Å². The van der Waals surface area contributed by atoms with E-state index in [0.717, 1.165) is 31.3 Å². The van der Waals surface area contributed by atoms with E-state index in [9.17, 15) is 0 Å². The summed E-state index contributed by atoms with van der Waals surface area (Å²) in [6.07, 6.45) is 6.00. The van der Waals surface area contributed by atoms with Crippen molar-refractivity contribution in [2.45, 2.75) is 50.2 Å². The Morgan fingerprint density at radius 3 is 3.10 bits per heavy atom. The van der Waals surface area contributed by atoms with E-state index in [0.29, 0.717) is 24.4 Å². The van der Waals surface area contributed by atoms with Crippen LogP contribution in [-0.2, 0) is 4.74 Å². The van der Waals surface area contributed by atoms with E-state index >= 15 is 0 Å². The Balaban J connectivity index is 1.47. The highest BCUT2D eigenvalue weighted by molar-refractivity contribution is 5.03. The number of morpholine rings is 1. The number of ether oxygens (including phenoxy) is 1. The van der Waals surface area contributed by atoms with Crippen LogP contribution in [0.1, 0.15) is 55.8 Å². The summed E-state index contributed by atoms with van der Waals surface area (Å²) in [6.45, 7) is 3.57.